The van der Waals surface area contributed by atoms with Crippen LogP contribution in [-0.2, 0) is 36.4 Å². The molecule has 1 aliphatic carbocycles. The Balaban J connectivity index is 0.00000433. The molecule has 2 aromatic carbocycles. The van der Waals surface area contributed by atoms with Gasteiger partial charge in [0.15, 0.2) is 5.75 Å². The second-order valence-electron chi connectivity index (χ2n) is 11.6. The van der Waals surface area contributed by atoms with Crippen molar-refractivity contribution in [1.29, 1.82) is 0 Å². The fraction of sp³-hybridized carbons (Fsp3) is 0.469. The van der Waals surface area contributed by atoms with Crippen LogP contribution in [0.4, 0.5) is 51.1 Å². The molecule has 0 amide bonds. The van der Waals surface area contributed by atoms with E-state index in [1.807, 2.05) is 11.8 Å². The third-order valence-electron chi connectivity index (χ3n) is 7.50. The monoisotopic (exact) mass is 716 g/mol. The molecule has 1 aromatic heterocycles. The van der Waals surface area contributed by atoms with Crippen molar-refractivity contribution in [2.24, 2.45) is 5.92 Å². The summed E-state index contributed by atoms with van der Waals surface area (Å²) in [5.74, 6) is -0.792. The number of carboxylic acid groups (broad SMARTS) is 1. The molecule has 7 nitrogen and oxygen atoms in total. The summed E-state index contributed by atoms with van der Waals surface area (Å²) in [7, 11) is 0. The molecular weight excluding hydrogens is 682 g/mol. The predicted octanol–water partition coefficient (Wildman–Crippen LogP) is 5.73. The molecule has 0 bridgehead atoms. The first kappa shape index (κ1) is 40.2. The van der Waals surface area contributed by atoms with Gasteiger partial charge in [0.05, 0.1) is 35.7 Å². The van der Waals surface area contributed by atoms with Gasteiger partial charge in [-0.25, -0.2) is 9.97 Å². The van der Waals surface area contributed by atoms with Crippen LogP contribution < -0.4 is 44.1 Å². The molecular formula is C32H34F9N4NaO3. The van der Waals surface area contributed by atoms with E-state index in [1.165, 1.54) is 23.4 Å². The summed E-state index contributed by atoms with van der Waals surface area (Å²) in [6, 6.07) is 4.28. The summed E-state index contributed by atoms with van der Waals surface area (Å²) in [4.78, 5) is 22.2. The van der Waals surface area contributed by atoms with Gasteiger partial charge in [0.25, 0.3) is 0 Å². The molecule has 1 fully saturated rings. The quantitative estimate of drug-likeness (QED) is 0.122. The zero-order valence-electron chi connectivity index (χ0n) is 27.7. The summed E-state index contributed by atoms with van der Waals surface area (Å²) >= 11 is 0. The molecule has 0 radical (unpaired) electrons. The number of benzene rings is 2. The van der Waals surface area contributed by atoms with Gasteiger partial charge < -0.3 is 21.1 Å². The SMILES string of the molecule is CCCN(CC1CC1)c1ccc(C(F)(F)F)cc1CN(Cc1cc(C(F)(F)F)cc(C(F)(F)F)c1)c1ncc(OCCCC(=O)O)cn1.[H-].[Na+]. The zero-order valence-corrected chi connectivity index (χ0v) is 28.7. The maximum atomic E-state index is 13.9. The number of ether oxygens (including phenoxy) is 1. The maximum Gasteiger partial charge on any atom is 1.00 e. The molecule has 264 valence electrons. The number of nitrogens with zero attached hydrogens (tertiary/aromatic N) is 4. The first-order valence-electron chi connectivity index (χ1n) is 15.1. The van der Waals surface area contributed by atoms with Gasteiger partial charge in [-0.3, -0.25) is 4.79 Å². The number of carboxylic acids is 1. The Morgan fingerprint density at radius 2 is 1.47 bits per heavy atom. The first-order valence-corrected chi connectivity index (χ1v) is 15.1. The van der Waals surface area contributed by atoms with E-state index in [-0.39, 0.29) is 73.8 Å². The van der Waals surface area contributed by atoms with Crippen molar-refractivity contribution in [2.75, 3.05) is 29.5 Å². The minimum atomic E-state index is -5.12. The number of hydrogen-bond acceptors (Lipinski definition) is 6. The van der Waals surface area contributed by atoms with Crippen LogP contribution in [0, 0.1) is 5.92 Å². The van der Waals surface area contributed by atoms with Crippen molar-refractivity contribution < 1.29 is 85.1 Å². The molecule has 0 spiro atoms. The number of rotatable bonds is 15. The van der Waals surface area contributed by atoms with E-state index in [0.717, 1.165) is 25.0 Å². The van der Waals surface area contributed by atoms with Gasteiger partial charge in [-0.05, 0) is 79.1 Å². The molecule has 1 saturated carbocycles. The summed E-state index contributed by atoms with van der Waals surface area (Å²) in [6.07, 6.45) is -10.0. The number of carbonyl (C=O) groups is 1. The number of aromatic nitrogens is 2. The molecule has 49 heavy (non-hydrogen) atoms. The third-order valence-corrected chi connectivity index (χ3v) is 7.50. The van der Waals surface area contributed by atoms with Gasteiger partial charge in [0.1, 0.15) is 0 Å². The Morgan fingerprint density at radius 1 is 0.878 bits per heavy atom. The van der Waals surface area contributed by atoms with E-state index < -0.39 is 59.8 Å². The fourth-order valence-electron chi connectivity index (χ4n) is 5.08. The minimum Gasteiger partial charge on any atom is -1.00 e. The minimum absolute atomic E-state index is 0. The van der Waals surface area contributed by atoms with Crippen LogP contribution in [0.25, 0.3) is 0 Å². The van der Waals surface area contributed by atoms with Gasteiger partial charge in [-0.2, -0.15) is 39.5 Å². The van der Waals surface area contributed by atoms with Gasteiger partial charge in [0, 0.05) is 38.3 Å². The van der Waals surface area contributed by atoms with Crippen molar-refractivity contribution in [3.63, 3.8) is 0 Å². The zero-order chi connectivity index (χ0) is 35.3. The third kappa shape index (κ3) is 11.9. The number of aliphatic carboxylic acids is 1. The van der Waals surface area contributed by atoms with Crippen LogP contribution in [0.15, 0.2) is 48.8 Å². The van der Waals surface area contributed by atoms with Gasteiger partial charge in [0.2, 0.25) is 5.95 Å². The molecule has 1 heterocycles. The Bertz CT molecular complexity index is 1520. The number of hydrogen-bond donors (Lipinski definition) is 1. The smallest absolute Gasteiger partial charge is 1.00 e. The van der Waals surface area contributed by atoms with Crippen molar-refractivity contribution in [1.82, 2.24) is 9.97 Å². The van der Waals surface area contributed by atoms with Crippen LogP contribution in [0.5, 0.6) is 5.75 Å². The summed E-state index contributed by atoms with van der Waals surface area (Å²) in [6.45, 7) is 1.94. The van der Waals surface area contributed by atoms with E-state index in [4.69, 9.17) is 9.84 Å². The molecule has 0 saturated heterocycles. The number of halogens is 9. The second-order valence-corrected chi connectivity index (χ2v) is 11.6. The Hall–Kier alpha value is -3.24. The maximum absolute atomic E-state index is 13.9. The first-order chi connectivity index (χ1) is 22.4. The van der Waals surface area contributed by atoms with Crippen molar-refractivity contribution >= 4 is 17.6 Å². The molecule has 1 aliphatic rings. The van der Waals surface area contributed by atoms with E-state index in [0.29, 0.717) is 43.2 Å². The van der Waals surface area contributed by atoms with E-state index in [2.05, 4.69) is 9.97 Å². The Morgan fingerprint density at radius 3 is 1.98 bits per heavy atom. The van der Waals surface area contributed by atoms with Crippen LogP contribution in [0.3, 0.4) is 0 Å². The predicted molar refractivity (Wildman–Crippen MR) is 159 cm³/mol. The summed E-state index contributed by atoms with van der Waals surface area (Å²) in [5.41, 5.74) is -3.92. The second kappa shape index (κ2) is 16.6. The van der Waals surface area contributed by atoms with E-state index >= 15 is 0 Å². The van der Waals surface area contributed by atoms with Crippen molar-refractivity contribution in [3.05, 3.63) is 76.6 Å². The van der Waals surface area contributed by atoms with Crippen LogP contribution in [0.2, 0.25) is 0 Å². The van der Waals surface area contributed by atoms with E-state index in [1.54, 1.807) is 0 Å². The topological polar surface area (TPSA) is 78.8 Å². The number of anilines is 2. The molecule has 0 atom stereocenters. The molecule has 3 aromatic rings. The summed E-state index contributed by atoms with van der Waals surface area (Å²) in [5, 5.41) is 8.79. The molecule has 1 N–H and O–H groups in total. The van der Waals surface area contributed by atoms with Gasteiger partial charge in [-0.1, -0.05) is 6.92 Å². The number of alkyl halides is 9. The molecule has 0 aliphatic heterocycles. The van der Waals surface area contributed by atoms with Gasteiger partial charge in [-0.15, -0.1) is 0 Å². The Kier molecular flexibility index (Phi) is 13.7. The van der Waals surface area contributed by atoms with E-state index in [9.17, 15) is 44.3 Å². The summed E-state index contributed by atoms with van der Waals surface area (Å²) < 4.78 is 129. The van der Waals surface area contributed by atoms with Gasteiger partial charge >= 0.3 is 54.1 Å². The van der Waals surface area contributed by atoms with Crippen LogP contribution >= 0.6 is 0 Å². The standard InChI is InChI=1S/C32H33F9N4O3.Na.H/c1-2-9-44(17-20-5-6-20)27-8-7-23(30(33,34)35)13-22(27)19-45(29-42-15-26(16-43-29)48-10-3-4-28(46)47)18-21-11-24(31(36,37)38)14-25(12-21)32(39,40)41;;/h7-8,11-16,20H,2-6,9-10,17-19H2,1H3,(H,46,47);;/q;+1;-1. The largest absolute Gasteiger partial charge is 1.00 e. The van der Waals surface area contributed by atoms with Crippen LogP contribution in [0.1, 0.15) is 68.3 Å². The fourth-order valence-corrected chi connectivity index (χ4v) is 5.08. The van der Waals surface area contributed by atoms with Crippen LogP contribution in [-0.4, -0.2) is 40.7 Å². The average Bonchev–Trinajstić information content (AvgIpc) is 3.82. The normalized spacial score (nSPS) is 13.5. The molecule has 17 heteroatoms. The average molecular weight is 717 g/mol. The van der Waals surface area contributed by atoms with Crippen molar-refractivity contribution in [2.45, 2.75) is 70.6 Å². The Labute approximate surface area is 300 Å². The van der Waals surface area contributed by atoms with Crippen molar-refractivity contribution in [3.8, 4) is 5.75 Å². The molecule has 4 rings (SSSR count). The molecule has 0 unspecified atom stereocenters.